The third-order valence-electron chi connectivity index (χ3n) is 3.15. The van der Waals surface area contributed by atoms with E-state index < -0.39 is 11.9 Å². The van der Waals surface area contributed by atoms with E-state index in [1.807, 2.05) is 35.3 Å². The van der Waals surface area contributed by atoms with Crippen LogP contribution in [0.4, 0.5) is 4.39 Å². The summed E-state index contributed by atoms with van der Waals surface area (Å²) in [5, 5.41) is 14.3. The van der Waals surface area contributed by atoms with Crippen molar-refractivity contribution in [1.82, 2.24) is 14.3 Å². The van der Waals surface area contributed by atoms with Crippen molar-refractivity contribution in [2.45, 2.75) is 12.6 Å². The predicted octanol–water partition coefficient (Wildman–Crippen LogP) is 2.55. The summed E-state index contributed by atoms with van der Waals surface area (Å²) in [5.41, 5.74) is 1.18. The van der Waals surface area contributed by atoms with Gasteiger partial charge >= 0.3 is 0 Å². The van der Waals surface area contributed by atoms with Gasteiger partial charge < -0.3 is 9.67 Å². The van der Waals surface area contributed by atoms with Crippen LogP contribution in [0.25, 0.3) is 5.69 Å². The van der Waals surface area contributed by atoms with Crippen LogP contribution in [0, 0.1) is 5.82 Å². The molecule has 2 heterocycles. The van der Waals surface area contributed by atoms with E-state index in [-0.39, 0.29) is 12.1 Å². The number of aliphatic hydroxyl groups excluding tert-OH is 1. The first kappa shape index (κ1) is 12.6. The van der Waals surface area contributed by atoms with Crippen LogP contribution in [-0.4, -0.2) is 19.5 Å². The van der Waals surface area contributed by atoms with Crippen molar-refractivity contribution < 1.29 is 9.50 Å². The first-order valence-corrected chi connectivity index (χ1v) is 6.32. The third kappa shape index (κ3) is 2.48. The number of hydrogen-bond acceptors (Lipinski definition) is 2. The largest absolute Gasteiger partial charge is 0.386 e. The Bertz CT molecular complexity index is 691. The molecule has 5 heteroatoms. The highest BCUT2D eigenvalue weighted by atomic mass is 19.1. The van der Waals surface area contributed by atoms with Crippen molar-refractivity contribution in [1.29, 1.82) is 0 Å². The zero-order valence-corrected chi connectivity index (χ0v) is 10.7. The number of aromatic nitrogens is 3. The van der Waals surface area contributed by atoms with Gasteiger partial charge in [-0.2, -0.15) is 5.10 Å². The quantitative estimate of drug-likeness (QED) is 0.792. The molecule has 1 N–H and O–H groups in total. The fourth-order valence-electron chi connectivity index (χ4n) is 2.11. The van der Waals surface area contributed by atoms with Crippen LogP contribution in [0.5, 0.6) is 0 Å². The van der Waals surface area contributed by atoms with E-state index in [1.165, 1.54) is 6.07 Å². The van der Waals surface area contributed by atoms with Crippen LogP contribution >= 0.6 is 0 Å². The molecular weight excluding hydrogens is 257 g/mol. The summed E-state index contributed by atoms with van der Waals surface area (Å²) >= 11 is 0. The van der Waals surface area contributed by atoms with Gasteiger partial charge in [-0.15, -0.1) is 0 Å². The van der Waals surface area contributed by atoms with Gasteiger partial charge in [-0.25, -0.2) is 4.39 Å². The molecule has 0 aliphatic heterocycles. The smallest absolute Gasteiger partial charge is 0.129 e. The SMILES string of the molecule is OC(Cn1cc(-n2cccc2)cn1)c1ccccc1F. The molecule has 1 aromatic carbocycles. The summed E-state index contributed by atoms with van der Waals surface area (Å²) in [6.07, 6.45) is 6.41. The van der Waals surface area contributed by atoms with Crippen molar-refractivity contribution in [3.63, 3.8) is 0 Å². The average molecular weight is 271 g/mol. The molecular formula is C15H14FN3O. The first-order chi connectivity index (χ1) is 9.74. The molecule has 0 bridgehead atoms. The number of benzene rings is 1. The fraction of sp³-hybridized carbons (Fsp3) is 0.133. The van der Waals surface area contributed by atoms with Gasteiger partial charge in [-0.3, -0.25) is 4.68 Å². The highest BCUT2D eigenvalue weighted by Crippen LogP contribution is 2.18. The summed E-state index contributed by atoms with van der Waals surface area (Å²) in [7, 11) is 0. The van der Waals surface area contributed by atoms with Gasteiger partial charge in [0.05, 0.1) is 18.4 Å². The lowest BCUT2D eigenvalue weighted by Gasteiger charge is -2.11. The molecule has 0 spiro atoms. The Hall–Kier alpha value is -2.40. The number of halogens is 1. The molecule has 0 aliphatic carbocycles. The van der Waals surface area contributed by atoms with Crippen LogP contribution in [0.2, 0.25) is 0 Å². The molecule has 1 unspecified atom stereocenters. The monoisotopic (exact) mass is 271 g/mol. The summed E-state index contributed by atoms with van der Waals surface area (Å²) in [6.45, 7) is 0.211. The molecule has 102 valence electrons. The molecule has 2 aromatic heterocycles. The molecule has 0 radical (unpaired) electrons. The summed E-state index contributed by atoms with van der Waals surface area (Å²) in [5.74, 6) is -0.405. The lowest BCUT2D eigenvalue weighted by atomic mass is 10.1. The van der Waals surface area contributed by atoms with Gasteiger partial charge in [-0.05, 0) is 18.2 Å². The van der Waals surface area contributed by atoms with E-state index in [9.17, 15) is 9.50 Å². The Balaban J connectivity index is 1.77. The lowest BCUT2D eigenvalue weighted by molar-refractivity contribution is 0.147. The van der Waals surface area contributed by atoms with Crippen LogP contribution in [0.1, 0.15) is 11.7 Å². The van der Waals surface area contributed by atoms with Gasteiger partial charge in [0.15, 0.2) is 0 Å². The van der Waals surface area contributed by atoms with E-state index in [4.69, 9.17) is 0 Å². The second-order valence-electron chi connectivity index (χ2n) is 4.55. The average Bonchev–Trinajstić information content (AvgIpc) is 3.09. The van der Waals surface area contributed by atoms with E-state index in [2.05, 4.69) is 5.10 Å². The predicted molar refractivity (Wildman–Crippen MR) is 72.9 cm³/mol. The van der Waals surface area contributed by atoms with Crippen molar-refractivity contribution in [3.8, 4) is 5.69 Å². The highest BCUT2D eigenvalue weighted by Gasteiger charge is 2.13. The molecule has 0 fully saturated rings. The third-order valence-corrected chi connectivity index (χ3v) is 3.15. The molecule has 3 rings (SSSR count). The summed E-state index contributed by atoms with van der Waals surface area (Å²) in [6, 6.07) is 10.1. The molecule has 20 heavy (non-hydrogen) atoms. The van der Waals surface area contributed by atoms with Crippen LogP contribution in [0.15, 0.2) is 61.2 Å². The molecule has 0 saturated heterocycles. The van der Waals surface area contributed by atoms with Crippen LogP contribution in [-0.2, 0) is 6.54 Å². The Morgan fingerprint density at radius 2 is 1.90 bits per heavy atom. The van der Waals surface area contributed by atoms with Crippen molar-refractivity contribution in [2.75, 3.05) is 0 Å². The Morgan fingerprint density at radius 1 is 1.15 bits per heavy atom. The van der Waals surface area contributed by atoms with E-state index in [0.717, 1.165) is 5.69 Å². The molecule has 0 aliphatic rings. The first-order valence-electron chi connectivity index (χ1n) is 6.32. The number of hydrogen-bond donors (Lipinski definition) is 1. The molecule has 3 aromatic rings. The lowest BCUT2D eigenvalue weighted by Crippen LogP contribution is -2.10. The maximum Gasteiger partial charge on any atom is 0.129 e. The fourth-order valence-corrected chi connectivity index (χ4v) is 2.11. The Kier molecular flexibility index (Phi) is 3.35. The number of aliphatic hydroxyl groups is 1. The van der Waals surface area contributed by atoms with Crippen molar-refractivity contribution in [3.05, 3.63) is 72.6 Å². The molecule has 0 saturated carbocycles. The Labute approximate surface area is 115 Å². The summed E-state index contributed by atoms with van der Waals surface area (Å²) in [4.78, 5) is 0. The normalized spacial score (nSPS) is 12.5. The van der Waals surface area contributed by atoms with Crippen LogP contribution < -0.4 is 0 Å². The summed E-state index contributed by atoms with van der Waals surface area (Å²) < 4.78 is 17.1. The van der Waals surface area contributed by atoms with Crippen molar-refractivity contribution in [2.24, 2.45) is 0 Å². The van der Waals surface area contributed by atoms with E-state index in [0.29, 0.717) is 0 Å². The second kappa shape index (κ2) is 5.30. The minimum atomic E-state index is -0.923. The second-order valence-corrected chi connectivity index (χ2v) is 4.55. The van der Waals surface area contributed by atoms with E-state index >= 15 is 0 Å². The van der Waals surface area contributed by atoms with E-state index in [1.54, 1.807) is 29.1 Å². The molecule has 0 amide bonds. The highest BCUT2D eigenvalue weighted by molar-refractivity contribution is 5.26. The van der Waals surface area contributed by atoms with Gasteiger partial charge in [-0.1, -0.05) is 18.2 Å². The zero-order chi connectivity index (χ0) is 13.9. The van der Waals surface area contributed by atoms with Gasteiger partial charge in [0.25, 0.3) is 0 Å². The standard InChI is InChI=1S/C15H14FN3O/c16-14-6-2-1-5-13(14)15(20)11-19-10-12(9-17-19)18-7-3-4-8-18/h1-10,15,20H,11H2. The topological polar surface area (TPSA) is 43.0 Å². The van der Waals surface area contributed by atoms with Crippen LogP contribution in [0.3, 0.4) is 0 Å². The number of nitrogens with zero attached hydrogens (tertiary/aromatic N) is 3. The molecule has 1 atom stereocenters. The van der Waals surface area contributed by atoms with Gasteiger partial charge in [0.2, 0.25) is 0 Å². The van der Waals surface area contributed by atoms with Gasteiger partial charge in [0.1, 0.15) is 11.9 Å². The Morgan fingerprint density at radius 3 is 2.65 bits per heavy atom. The van der Waals surface area contributed by atoms with Crippen molar-refractivity contribution >= 4 is 0 Å². The maximum absolute atomic E-state index is 13.6. The minimum absolute atomic E-state index is 0.211. The molecule has 4 nitrogen and oxygen atoms in total. The van der Waals surface area contributed by atoms with Gasteiger partial charge in [0, 0.05) is 24.2 Å². The minimum Gasteiger partial charge on any atom is -0.386 e. The maximum atomic E-state index is 13.6. The zero-order valence-electron chi connectivity index (χ0n) is 10.7. The number of rotatable bonds is 4.